The molecule has 0 unspecified atom stereocenters. The van der Waals surface area contributed by atoms with Crippen molar-refractivity contribution in [3.63, 3.8) is 0 Å². The second-order valence-electron chi connectivity index (χ2n) is 6.74. The van der Waals surface area contributed by atoms with Crippen LogP contribution >= 0.6 is 0 Å². The highest BCUT2D eigenvalue weighted by Crippen LogP contribution is 2.24. The summed E-state index contributed by atoms with van der Waals surface area (Å²) in [6.45, 7) is 1.95. The van der Waals surface area contributed by atoms with Crippen LogP contribution < -0.4 is 4.90 Å². The number of hydrogen-bond acceptors (Lipinski definition) is 5. The first-order valence-corrected chi connectivity index (χ1v) is 8.78. The van der Waals surface area contributed by atoms with E-state index in [1.54, 1.807) is 12.3 Å². The summed E-state index contributed by atoms with van der Waals surface area (Å²) in [5.74, 6) is -0.0653. The monoisotopic (exact) mass is 352 g/mol. The lowest BCUT2D eigenvalue weighted by Crippen LogP contribution is -2.42. The van der Waals surface area contributed by atoms with E-state index in [9.17, 15) is 4.79 Å². The molecule has 0 bridgehead atoms. The van der Waals surface area contributed by atoms with Crippen molar-refractivity contribution in [2.24, 2.45) is 0 Å². The van der Waals surface area contributed by atoms with Crippen molar-refractivity contribution in [2.75, 3.05) is 32.1 Å². The SMILES string of the molecule is CN(C)C1CCN(c2cncc(-c3cccc(C=CC(=O)O)c3)n2)CC1. The van der Waals surface area contributed by atoms with Gasteiger partial charge in [-0.1, -0.05) is 18.2 Å². The minimum atomic E-state index is -0.960. The predicted octanol–water partition coefficient (Wildman–Crippen LogP) is 2.77. The Balaban J connectivity index is 1.78. The Morgan fingerprint density at radius 2 is 2.04 bits per heavy atom. The number of anilines is 1. The van der Waals surface area contributed by atoms with Crippen LogP contribution in [-0.2, 0) is 4.79 Å². The van der Waals surface area contributed by atoms with Gasteiger partial charge < -0.3 is 14.9 Å². The molecule has 0 aliphatic carbocycles. The van der Waals surface area contributed by atoms with Crippen LogP contribution in [0.25, 0.3) is 17.3 Å². The first-order valence-electron chi connectivity index (χ1n) is 8.78. The first kappa shape index (κ1) is 18.1. The Bertz CT molecular complexity index is 796. The standard InChI is InChI=1S/C20H24N4O2/c1-23(2)17-8-10-24(11-9-17)19-14-21-13-18(22-19)16-5-3-4-15(12-16)6-7-20(25)26/h3-7,12-14,17H,8-11H2,1-2H3,(H,25,26). The third-order valence-electron chi connectivity index (χ3n) is 4.74. The van der Waals surface area contributed by atoms with Gasteiger partial charge in [0.1, 0.15) is 5.82 Å². The van der Waals surface area contributed by atoms with Gasteiger partial charge in [-0.15, -0.1) is 0 Å². The van der Waals surface area contributed by atoms with Crippen molar-refractivity contribution in [3.8, 4) is 11.3 Å². The normalized spacial score (nSPS) is 15.7. The van der Waals surface area contributed by atoms with Gasteiger partial charge in [0.2, 0.25) is 0 Å². The number of aliphatic carboxylic acids is 1. The van der Waals surface area contributed by atoms with Crippen molar-refractivity contribution in [1.29, 1.82) is 0 Å². The van der Waals surface area contributed by atoms with Crippen LogP contribution in [0.3, 0.4) is 0 Å². The highest BCUT2D eigenvalue weighted by atomic mass is 16.4. The second-order valence-corrected chi connectivity index (χ2v) is 6.74. The van der Waals surface area contributed by atoms with Crippen molar-refractivity contribution < 1.29 is 9.90 Å². The maximum absolute atomic E-state index is 10.7. The zero-order chi connectivity index (χ0) is 18.5. The van der Waals surface area contributed by atoms with Gasteiger partial charge in [-0.3, -0.25) is 4.98 Å². The fraction of sp³-hybridized carbons (Fsp3) is 0.350. The molecule has 0 radical (unpaired) electrons. The molecule has 1 fully saturated rings. The Morgan fingerprint density at radius 1 is 1.27 bits per heavy atom. The summed E-state index contributed by atoms with van der Waals surface area (Å²) >= 11 is 0. The van der Waals surface area contributed by atoms with Crippen LogP contribution in [0.1, 0.15) is 18.4 Å². The summed E-state index contributed by atoms with van der Waals surface area (Å²) < 4.78 is 0. The van der Waals surface area contributed by atoms with Crippen molar-refractivity contribution >= 4 is 17.9 Å². The summed E-state index contributed by atoms with van der Waals surface area (Å²) in [7, 11) is 4.26. The van der Waals surface area contributed by atoms with Gasteiger partial charge in [0.25, 0.3) is 0 Å². The van der Waals surface area contributed by atoms with Crippen molar-refractivity contribution in [2.45, 2.75) is 18.9 Å². The van der Waals surface area contributed by atoms with E-state index in [1.807, 2.05) is 30.5 Å². The summed E-state index contributed by atoms with van der Waals surface area (Å²) in [4.78, 5) is 24.4. The molecule has 1 aromatic carbocycles. The van der Waals surface area contributed by atoms with E-state index in [0.717, 1.165) is 54.6 Å². The maximum atomic E-state index is 10.7. The van der Waals surface area contributed by atoms with Crippen LogP contribution in [0.2, 0.25) is 0 Å². The Morgan fingerprint density at radius 3 is 2.73 bits per heavy atom. The number of carbonyl (C=O) groups is 1. The van der Waals surface area contributed by atoms with Crippen LogP contribution in [0, 0.1) is 0 Å². The third kappa shape index (κ3) is 4.46. The van der Waals surface area contributed by atoms with Gasteiger partial charge in [0, 0.05) is 30.8 Å². The average molecular weight is 352 g/mol. The molecule has 0 amide bonds. The van der Waals surface area contributed by atoms with E-state index in [0.29, 0.717) is 6.04 Å². The summed E-state index contributed by atoms with van der Waals surface area (Å²) in [6, 6.07) is 8.27. The number of benzene rings is 1. The molecule has 1 aromatic heterocycles. The number of nitrogens with zero attached hydrogens (tertiary/aromatic N) is 4. The summed E-state index contributed by atoms with van der Waals surface area (Å²) in [5, 5.41) is 8.78. The molecule has 0 spiro atoms. The topological polar surface area (TPSA) is 69.6 Å². The molecule has 1 N–H and O–H groups in total. The Hall–Kier alpha value is -2.73. The third-order valence-corrected chi connectivity index (χ3v) is 4.74. The van der Waals surface area contributed by atoms with Crippen molar-refractivity contribution in [1.82, 2.24) is 14.9 Å². The Labute approximate surface area is 153 Å². The van der Waals surface area contributed by atoms with Crippen LogP contribution in [0.5, 0.6) is 0 Å². The number of hydrogen-bond donors (Lipinski definition) is 1. The van der Waals surface area contributed by atoms with Crippen LogP contribution in [0.4, 0.5) is 5.82 Å². The minimum Gasteiger partial charge on any atom is -0.478 e. The van der Waals surface area contributed by atoms with E-state index in [1.165, 1.54) is 0 Å². The maximum Gasteiger partial charge on any atom is 0.328 e. The number of carboxylic acid groups (broad SMARTS) is 1. The number of carboxylic acids is 1. The number of rotatable bonds is 5. The molecule has 1 aliphatic rings. The Kier molecular flexibility index (Phi) is 5.63. The van der Waals surface area contributed by atoms with Crippen LogP contribution in [0.15, 0.2) is 42.7 Å². The average Bonchev–Trinajstić information content (AvgIpc) is 2.67. The lowest BCUT2D eigenvalue weighted by molar-refractivity contribution is -0.131. The number of piperidine rings is 1. The first-order chi connectivity index (χ1) is 12.5. The van der Waals surface area contributed by atoms with E-state index in [-0.39, 0.29) is 0 Å². The van der Waals surface area contributed by atoms with Gasteiger partial charge in [-0.05, 0) is 44.6 Å². The highest BCUT2D eigenvalue weighted by Gasteiger charge is 2.21. The quantitative estimate of drug-likeness (QED) is 0.835. The lowest BCUT2D eigenvalue weighted by Gasteiger charge is -2.35. The van der Waals surface area contributed by atoms with Crippen LogP contribution in [-0.4, -0.2) is 59.2 Å². The molecule has 2 aromatic rings. The highest BCUT2D eigenvalue weighted by molar-refractivity contribution is 5.85. The lowest BCUT2D eigenvalue weighted by atomic mass is 10.0. The molecule has 1 saturated heterocycles. The molecule has 136 valence electrons. The zero-order valence-corrected chi connectivity index (χ0v) is 15.2. The summed E-state index contributed by atoms with van der Waals surface area (Å²) in [5.41, 5.74) is 2.54. The second kappa shape index (κ2) is 8.10. The molecular weight excluding hydrogens is 328 g/mol. The van der Waals surface area contributed by atoms with E-state index >= 15 is 0 Å². The van der Waals surface area contributed by atoms with Gasteiger partial charge in [-0.25, -0.2) is 9.78 Å². The molecule has 26 heavy (non-hydrogen) atoms. The zero-order valence-electron chi connectivity index (χ0n) is 15.2. The minimum absolute atomic E-state index is 0.625. The van der Waals surface area contributed by atoms with E-state index in [2.05, 4.69) is 28.9 Å². The van der Waals surface area contributed by atoms with E-state index < -0.39 is 5.97 Å². The fourth-order valence-electron chi connectivity index (χ4n) is 3.23. The fourth-order valence-corrected chi connectivity index (χ4v) is 3.23. The molecule has 6 nitrogen and oxygen atoms in total. The van der Waals surface area contributed by atoms with Gasteiger partial charge >= 0.3 is 5.97 Å². The van der Waals surface area contributed by atoms with Gasteiger partial charge in [0.05, 0.1) is 18.1 Å². The molecule has 1 aliphatic heterocycles. The molecule has 6 heteroatoms. The smallest absolute Gasteiger partial charge is 0.328 e. The molecule has 0 atom stereocenters. The molecule has 2 heterocycles. The molecule has 3 rings (SSSR count). The summed E-state index contributed by atoms with van der Waals surface area (Å²) in [6.07, 6.45) is 8.51. The predicted molar refractivity (Wildman–Crippen MR) is 103 cm³/mol. The van der Waals surface area contributed by atoms with Crippen molar-refractivity contribution in [3.05, 3.63) is 48.3 Å². The van der Waals surface area contributed by atoms with E-state index in [4.69, 9.17) is 10.1 Å². The van der Waals surface area contributed by atoms with Gasteiger partial charge in [0.15, 0.2) is 0 Å². The number of aromatic nitrogens is 2. The van der Waals surface area contributed by atoms with Gasteiger partial charge in [-0.2, -0.15) is 0 Å². The molecule has 0 saturated carbocycles. The largest absolute Gasteiger partial charge is 0.478 e. The molecular formula is C20H24N4O2.